The van der Waals surface area contributed by atoms with Crippen molar-refractivity contribution in [3.05, 3.63) is 0 Å². The quantitative estimate of drug-likeness (QED) is 0.446. The number of hydrogen-bond donors (Lipinski definition) is 1. The molecule has 0 rings (SSSR count). The Morgan fingerprint density at radius 3 is 1.71 bits per heavy atom. The van der Waals surface area contributed by atoms with Crippen LogP contribution >= 0.6 is 0 Å². The normalized spacial score (nSPS) is 10.0. The minimum absolute atomic E-state index is 0. The Labute approximate surface area is 51.1 Å². The molecule has 0 bridgehead atoms. The van der Waals surface area contributed by atoms with Crippen molar-refractivity contribution in [2.45, 2.75) is 0 Å². The summed E-state index contributed by atoms with van der Waals surface area (Å²) >= 11 is 0. The molecule has 0 aromatic carbocycles. The van der Waals surface area contributed by atoms with Gasteiger partial charge < -0.3 is 0 Å². The van der Waals surface area contributed by atoms with E-state index in [-0.39, 0.29) is 17.1 Å². The van der Waals surface area contributed by atoms with E-state index in [1.165, 1.54) is 0 Å². The smallest absolute Gasteiger partial charge is 0.284 e. The summed E-state index contributed by atoms with van der Waals surface area (Å²) < 4.78 is 36.4. The van der Waals surface area contributed by atoms with Gasteiger partial charge in [-0.05, 0) is 0 Å². The van der Waals surface area contributed by atoms with Gasteiger partial charge >= 0.3 is 0 Å². The molecule has 1 radical (unpaired) electrons. The van der Waals surface area contributed by atoms with Crippen LogP contribution in [-0.2, 0) is 27.2 Å². The molecule has 6 heteroatoms. The van der Waals surface area contributed by atoms with Gasteiger partial charge in [-0.25, -0.2) is 4.39 Å². The Morgan fingerprint density at radius 2 is 1.71 bits per heavy atom. The van der Waals surface area contributed by atoms with Crippen LogP contribution in [-0.4, -0.2) is 19.0 Å². The summed E-state index contributed by atoms with van der Waals surface area (Å²) in [5.74, 6) is 0. The van der Waals surface area contributed by atoms with Crippen LogP contribution in [0.15, 0.2) is 0 Å². The molecular formula is CH3CuFO3S. The molecule has 0 aliphatic rings. The van der Waals surface area contributed by atoms with Gasteiger partial charge in [0.15, 0.2) is 0 Å². The van der Waals surface area contributed by atoms with Gasteiger partial charge in [0, 0.05) is 17.1 Å². The van der Waals surface area contributed by atoms with E-state index in [0.29, 0.717) is 0 Å². The maximum Gasteiger partial charge on any atom is 0.294 e. The van der Waals surface area contributed by atoms with Crippen LogP contribution < -0.4 is 0 Å². The van der Waals surface area contributed by atoms with Crippen molar-refractivity contribution >= 4 is 10.1 Å². The molecule has 1 N–H and O–H groups in total. The van der Waals surface area contributed by atoms with Crippen molar-refractivity contribution in [2.24, 2.45) is 0 Å². The summed E-state index contributed by atoms with van der Waals surface area (Å²) in [5.41, 5.74) is 0. The topological polar surface area (TPSA) is 54.4 Å². The predicted octanol–water partition coefficient (Wildman–Crippen LogP) is -0.201. The van der Waals surface area contributed by atoms with Crippen LogP contribution in [0.4, 0.5) is 4.39 Å². The summed E-state index contributed by atoms with van der Waals surface area (Å²) in [6, 6.07) is -1.70. The number of alkyl halides is 1. The molecule has 0 aliphatic carbocycles. The zero-order valence-electron chi connectivity index (χ0n) is 3.06. The molecule has 49 valence electrons. The number of rotatable bonds is 1. The van der Waals surface area contributed by atoms with Crippen LogP contribution in [0, 0.1) is 0 Å². The first-order valence-corrected chi connectivity index (χ1v) is 2.68. The fourth-order valence-corrected chi connectivity index (χ4v) is 0. The number of hydrogen-bond acceptors (Lipinski definition) is 2. The fraction of sp³-hybridized carbons (Fsp3) is 1.00. The van der Waals surface area contributed by atoms with Gasteiger partial charge in [0.25, 0.3) is 10.1 Å². The summed E-state index contributed by atoms with van der Waals surface area (Å²) in [4.78, 5) is 0. The molecule has 0 fully saturated rings. The fourth-order valence-electron chi connectivity index (χ4n) is 0. The third-order valence-electron chi connectivity index (χ3n) is 0.138. The third-order valence-corrected chi connectivity index (χ3v) is 0.414. The van der Waals surface area contributed by atoms with Crippen molar-refractivity contribution < 1.29 is 34.4 Å². The molecule has 0 aromatic heterocycles. The second-order valence-electron chi connectivity index (χ2n) is 0.691. The molecule has 3 nitrogen and oxygen atoms in total. The van der Waals surface area contributed by atoms with E-state index < -0.39 is 16.1 Å². The number of halogens is 1. The molecule has 0 aromatic rings. The maximum absolute atomic E-state index is 10.7. The van der Waals surface area contributed by atoms with Gasteiger partial charge in [-0.15, -0.1) is 0 Å². The first-order valence-electron chi connectivity index (χ1n) is 1.07. The Morgan fingerprint density at radius 1 is 1.57 bits per heavy atom. The molecule has 0 atom stereocenters. The van der Waals surface area contributed by atoms with E-state index in [9.17, 15) is 12.8 Å². The summed E-state index contributed by atoms with van der Waals surface area (Å²) in [5, 5.41) is 0. The first kappa shape index (κ1) is 10.4. The monoisotopic (exact) mass is 177 g/mol. The Kier molecular flexibility index (Phi) is 4.99. The molecule has 0 saturated carbocycles. The Hall–Kier alpha value is 0.359. The largest absolute Gasteiger partial charge is 0.294 e. The van der Waals surface area contributed by atoms with Crippen molar-refractivity contribution in [3.8, 4) is 0 Å². The van der Waals surface area contributed by atoms with Crippen LogP contribution in [0.1, 0.15) is 0 Å². The van der Waals surface area contributed by atoms with Gasteiger partial charge in [-0.2, -0.15) is 8.42 Å². The van der Waals surface area contributed by atoms with Crippen LogP contribution in [0.3, 0.4) is 0 Å². The van der Waals surface area contributed by atoms with Gasteiger partial charge in [-0.1, -0.05) is 0 Å². The van der Waals surface area contributed by atoms with Crippen molar-refractivity contribution in [1.29, 1.82) is 0 Å². The van der Waals surface area contributed by atoms with E-state index in [1.807, 2.05) is 0 Å². The molecule has 0 unspecified atom stereocenters. The molecule has 0 amide bonds. The van der Waals surface area contributed by atoms with E-state index in [1.54, 1.807) is 0 Å². The molecular weight excluding hydrogens is 175 g/mol. The summed E-state index contributed by atoms with van der Waals surface area (Å²) in [7, 11) is -4.33. The minimum Gasteiger partial charge on any atom is -0.284 e. The first-order chi connectivity index (χ1) is 2.56. The maximum atomic E-state index is 10.7. The van der Waals surface area contributed by atoms with E-state index in [0.717, 1.165) is 0 Å². The standard InChI is InChI=1S/CH3FO3S.Cu/c2-1-6(3,4)5;/h1H2,(H,3,4,5);. The third kappa shape index (κ3) is 10.7. The second-order valence-corrected chi connectivity index (χ2v) is 2.07. The van der Waals surface area contributed by atoms with Gasteiger partial charge in [-0.3, -0.25) is 4.55 Å². The Balaban J connectivity index is 0. The van der Waals surface area contributed by atoms with Crippen molar-refractivity contribution in [2.75, 3.05) is 6.01 Å². The SMILES string of the molecule is O=S(=O)(O)CF.[Cu]. The molecule has 0 saturated heterocycles. The minimum atomic E-state index is -4.33. The van der Waals surface area contributed by atoms with Crippen LogP contribution in [0.25, 0.3) is 0 Å². The van der Waals surface area contributed by atoms with E-state index in [2.05, 4.69) is 0 Å². The average molecular weight is 178 g/mol. The predicted molar refractivity (Wildman–Crippen MR) is 17.5 cm³/mol. The van der Waals surface area contributed by atoms with E-state index in [4.69, 9.17) is 4.55 Å². The summed E-state index contributed by atoms with van der Waals surface area (Å²) in [6.07, 6.45) is 0. The van der Waals surface area contributed by atoms with Gasteiger partial charge in [0.1, 0.15) is 0 Å². The van der Waals surface area contributed by atoms with Crippen LogP contribution in [0.2, 0.25) is 0 Å². The summed E-state index contributed by atoms with van der Waals surface area (Å²) in [6.45, 7) is 0. The average Bonchev–Trinajstić information content (AvgIpc) is 1.35. The van der Waals surface area contributed by atoms with Gasteiger partial charge in [0.2, 0.25) is 6.01 Å². The zero-order chi connectivity index (χ0) is 5.21. The Bertz CT molecular complexity index is 117. The van der Waals surface area contributed by atoms with Crippen LogP contribution in [0.5, 0.6) is 0 Å². The molecule has 0 heterocycles. The van der Waals surface area contributed by atoms with E-state index >= 15 is 0 Å². The van der Waals surface area contributed by atoms with Crippen molar-refractivity contribution in [3.63, 3.8) is 0 Å². The second kappa shape index (κ2) is 3.37. The molecule has 7 heavy (non-hydrogen) atoms. The van der Waals surface area contributed by atoms with Crippen molar-refractivity contribution in [1.82, 2.24) is 0 Å². The van der Waals surface area contributed by atoms with Gasteiger partial charge in [0.05, 0.1) is 0 Å². The zero-order valence-corrected chi connectivity index (χ0v) is 4.82. The molecule has 0 aliphatic heterocycles. The molecule has 0 spiro atoms.